The molecule has 8 heteroatoms. The van der Waals surface area contributed by atoms with Gasteiger partial charge in [0, 0.05) is 12.2 Å². The monoisotopic (exact) mass is 400 g/mol. The summed E-state index contributed by atoms with van der Waals surface area (Å²) in [5.74, 6) is 1.05. The summed E-state index contributed by atoms with van der Waals surface area (Å²) in [5.41, 5.74) is 2.12. The molecule has 28 heavy (non-hydrogen) atoms. The minimum Gasteiger partial charge on any atom is -0.496 e. The zero-order chi connectivity index (χ0) is 20.1. The highest BCUT2D eigenvalue weighted by Gasteiger charge is 2.17. The van der Waals surface area contributed by atoms with Crippen molar-refractivity contribution in [3.8, 4) is 17.1 Å². The van der Waals surface area contributed by atoms with Crippen molar-refractivity contribution in [3.63, 3.8) is 0 Å². The number of halogens is 1. The second kappa shape index (κ2) is 8.88. The van der Waals surface area contributed by atoms with Crippen molar-refractivity contribution >= 4 is 23.4 Å². The lowest BCUT2D eigenvalue weighted by Crippen LogP contribution is -2.15. The molecule has 1 aromatic heterocycles. The number of methoxy groups -OCH3 is 1. The number of rotatable bonds is 7. The number of anilines is 1. The minimum absolute atomic E-state index is 0.168. The molecule has 0 saturated carbocycles. The number of aryl methyl sites for hydroxylation is 1. The average molecular weight is 400 g/mol. The van der Waals surface area contributed by atoms with E-state index in [2.05, 4.69) is 15.5 Å². The summed E-state index contributed by atoms with van der Waals surface area (Å²) in [7, 11) is 1.61. The first kappa shape index (κ1) is 19.9. The maximum absolute atomic E-state index is 13.2. The molecule has 1 amide bonds. The van der Waals surface area contributed by atoms with E-state index in [9.17, 15) is 9.18 Å². The van der Waals surface area contributed by atoms with Gasteiger partial charge in [0.15, 0.2) is 11.0 Å². The fraction of sp³-hybridized carbons (Fsp3) is 0.250. The summed E-state index contributed by atoms with van der Waals surface area (Å²) in [4.78, 5) is 12.3. The van der Waals surface area contributed by atoms with Gasteiger partial charge in [0.1, 0.15) is 11.6 Å². The van der Waals surface area contributed by atoms with E-state index in [1.807, 2.05) is 35.8 Å². The standard InChI is InChI=1S/C20H21FN4O2S/c1-4-25-19(15-7-5-6-8-17(15)27-3)23-24-20(25)28-12-18(26)22-16-10-9-14(21)11-13(16)2/h5-11H,4,12H2,1-3H3,(H,22,26). The van der Waals surface area contributed by atoms with Gasteiger partial charge in [-0.05, 0) is 49.7 Å². The van der Waals surface area contributed by atoms with Crippen LogP contribution < -0.4 is 10.1 Å². The molecule has 0 bridgehead atoms. The normalized spacial score (nSPS) is 10.7. The Morgan fingerprint density at radius 2 is 2.04 bits per heavy atom. The highest BCUT2D eigenvalue weighted by atomic mass is 32.2. The molecule has 0 fully saturated rings. The van der Waals surface area contributed by atoms with Crippen molar-refractivity contribution in [2.75, 3.05) is 18.2 Å². The predicted molar refractivity (Wildman–Crippen MR) is 108 cm³/mol. The fourth-order valence-electron chi connectivity index (χ4n) is 2.79. The maximum Gasteiger partial charge on any atom is 0.234 e. The molecule has 1 heterocycles. The molecule has 6 nitrogen and oxygen atoms in total. The van der Waals surface area contributed by atoms with Gasteiger partial charge in [-0.15, -0.1) is 10.2 Å². The van der Waals surface area contributed by atoms with E-state index in [0.29, 0.717) is 34.5 Å². The van der Waals surface area contributed by atoms with Crippen LogP contribution in [0.25, 0.3) is 11.4 Å². The molecule has 3 aromatic rings. The maximum atomic E-state index is 13.2. The Kier molecular flexibility index (Phi) is 6.30. The predicted octanol–water partition coefficient (Wildman–Crippen LogP) is 4.15. The van der Waals surface area contributed by atoms with E-state index in [4.69, 9.17) is 4.74 Å². The summed E-state index contributed by atoms with van der Waals surface area (Å²) < 4.78 is 20.5. The number of thioether (sulfide) groups is 1. The molecule has 2 aromatic carbocycles. The lowest BCUT2D eigenvalue weighted by molar-refractivity contribution is -0.113. The number of carbonyl (C=O) groups is 1. The molecule has 0 spiro atoms. The fourth-order valence-corrected chi connectivity index (χ4v) is 3.60. The summed E-state index contributed by atoms with van der Waals surface area (Å²) in [6, 6.07) is 11.9. The molecular formula is C20H21FN4O2S. The van der Waals surface area contributed by atoms with Crippen LogP contribution in [0.15, 0.2) is 47.6 Å². The summed E-state index contributed by atoms with van der Waals surface area (Å²) in [6.07, 6.45) is 0. The van der Waals surface area contributed by atoms with Crippen LogP contribution >= 0.6 is 11.8 Å². The highest BCUT2D eigenvalue weighted by Crippen LogP contribution is 2.30. The molecule has 1 N–H and O–H groups in total. The van der Waals surface area contributed by atoms with Gasteiger partial charge in [-0.25, -0.2) is 4.39 Å². The Balaban J connectivity index is 1.73. The van der Waals surface area contributed by atoms with Gasteiger partial charge >= 0.3 is 0 Å². The van der Waals surface area contributed by atoms with Crippen molar-refractivity contribution in [1.82, 2.24) is 14.8 Å². The lowest BCUT2D eigenvalue weighted by Gasteiger charge is -2.11. The molecule has 0 atom stereocenters. The second-order valence-electron chi connectivity index (χ2n) is 6.05. The van der Waals surface area contributed by atoms with Crippen molar-refractivity contribution in [3.05, 3.63) is 53.8 Å². The zero-order valence-corrected chi connectivity index (χ0v) is 16.7. The zero-order valence-electron chi connectivity index (χ0n) is 15.9. The lowest BCUT2D eigenvalue weighted by atomic mass is 10.2. The van der Waals surface area contributed by atoms with Gasteiger partial charge in [0.05, 0.1) is 18.4 Å². The third kappa shape index (κ3) is 4.33. The summed E-state index contributed by atoms with van der Waals surface area (Å²) in [6.45, 7) is 4.40. The molecule has 146 valence electrons. The number of nitrogens with one attached hydrogen (secondary N) is 1. The Morgan fingerprint density at radius 3 is 2.75 bits per heavy atom. The Hall–Kier alpha value is -2.87. The van der Waals surface area contributed by atoms with E-state index in [0.717, 1.165) is 5.56 Å². The molecule has 0 aliphatic rings. The SMILES string of the molecule is CCn1c(SCC(=O)Nc2ccc(F)cc2C)nnc1-c1ccccc1OC. The van der Waals surface area contributed by atoms with E-state index in [1.165, 1.54) is 23.9 Å². The van der Waals surface area contributed by atoms with Crippen molar-refractivity contribution in [2.45, 2.75) is 25.5 Å². The second-order valence-corrected chi connectivity index (χ2v) is 6.99. The number of ether oxygens (including phenoxy) is 1. The van der Waals surface area contributed by atoms with Gasteiger partial charge in [-0.2, -0.15) is 0 Å². The van der Waals surface area contributed by atoms with E-state index in [1.54, 1.807) is 20.1 Å². The number of benzene rings is 2. The van der Waals surface area contributed by atoms with E-state index in [-0.39, 0.29) is 17.5 Å². The van der Waals surface area contributed by atoms with Crippen LogP contribution in [-0.4, -0.2) is 33.5 Å². The third-order valence-electron chi connectivity index (χ3n) is 4.18. The first-order chi connectivity index (χ1) is 13.5. The van der Waals surface area contributed by atoms with Crippen molar-refractivity contribution < 1.29 is 13.9 Å². The molecule has 0 aliphatic carbocycles. The number of hydrogen-bond acceptors (Lipinski definition) is 5. The summed E-state index contributed by atoms with van der Waals surface area (Å²) >= 11 is 1.30. The van der Waals surface area contributed by atoms with Crippen LogP contribution in [0.3, 0.4) is 0 Å². The van der Waals surface area contributed by atoms with Crippen LogP contribution in [0.1, 0.15) is 12.5 Å². The first-order valence-corrected chi connectivity index (χ1v) is 9.77. The van der Waals surface area contributed by atoms with Gasteiger partial charge in [0.2, 0.25) is 5.91 Å². The number of para-hydroxylation sites is 1. The largest absolute Gasteiger partial charge is 0.496 e. The average Bonchev–Trinajstić information content (AvgIpc) is 3.11. The van der Waals surface area contributed by atoms with Crippen LogP contribution in [-0.2, 0) is 11.3 Å². The number of carbonyl (C=O) groups excluding carboxylic acids is 1. The number of hydrogen-bond donors (Lipinski definition) is 1. The van der Waals surface area contributed by atoms with Gasteiger partial charge < -0.3 is 14.6 Å². The number of amides is 1. The van der Waals surface area contributed by atoms with E-state index < -0.39 is 0 Å². The Bertz CT molecular complexity index is 990. The molecular weight excluding hydrogens is 379 g/mol. The van der Waals surface area contributed by atoms with Gasteiger partial charge in [0.25, 0.3) is 0 Å². The van der Waals surface area contributed by atoms with Crippen LogP contribution in [0.5, 0.6) is 5.75 Å². The van der Waals surface area contributed by atoms with Crippen molar-refractivity contribution in [2.24, 2.45) is 0 Å². The summed E-state index contributed by atoms with van der Waals surface area (Å²) in [5, 5.41) is 12.0. The third-order valence-corrected chi connectivity index (χ3v) is 5.14. The quantitative estimate of drug-likeness (QED) is 0.604. The minimum atomic E-state index is -0.329. The number of nitrogens with zero attached hydrogens (tertiary/aromatic N) is 3. The first-order valence-electron chi connectivity index (χ1n) is 8.78. The molecule has 0 saturated heterocycles. The number of aromatic nitrogens is 3. The highest BCUT2D eigenvalue weighted by molar-refractivity contribution is 7.99. The Labute approximate surface area is 167 Å². The van der Waals surface area contributed by atoms with Gasteiger partial charge in [-0.1, -0.05) is 23.9 Å². The van der Waals surface area contributed by atoms with Gasteiger partial charge in [-0.3, -0.25) is 4.79 Å². The molecule has 3 rings (SSSR count). The molecule has 0 aliphatic heterocycles. The Morgan fingerprint density at radius 1 is 1.25 bits per heavy atom. The topological polar surface area (TPSA) is 69.0 Å². The van der Waals surface area contributed by atoms with Crippen LogP contribution in [0.2, 0.25) is 0 Å². The van der Waals surface area contributed by atoms with Crippen LogP contribution in [0, 0.1) is 12.7 Å². The molecule has 0 radical (unpaired) electrons. The molecule has 0 unspecified atom stereocenters. The smallest absolute Gasteiger partial charge is 0.234 e. The van der Waals surface area contributed by atoms with Crippen molar-refractivity contribution in [1.29, 1.82) is 0 Å². The van der Waals surface area contributed by atoms with Crippen LogP contribution in [0.4, 0.5) is 10.1 Å². The van der Waals surface area contributed by atoms with E-state index >= 15 is 0 Å².